The fourth-order valence-corrected chi connectivity index (χ4v) is 2.57. The molecule has 1 rings (SSSR count). The molecule has 0 heterocycles. The molecule has 2 N–H and O–H groups in total. The third-order valence-electron chi connectivity index (χ3n) is 2.93. The molecule has 0 bridgehead atoms. The lowest BCUT2D eigenvalue weighted by atomic mass is 10.2. The van der Waals surface area contributed by atoms with Crippen molar-refractivity contribution in [1.82, 2.24) is 10.6 Å². The molecule has 0 saturated heterocycles. The maximum Gasteiger partial charge on any atom is 0.230 e. The quantitative estimate of drug-likeness (QED) is 0.487. The summed E-state index contributed by atoms with van der Waals surface area (Å²) >= 11 is 1.58. The van der Waals surface area contributed by atoms with Gasteiger partial charge in [0, 0.05) is 31.6 Å². The van der Waals surface area contributed by atoms with Crippen LogP contribution in [0.3, 0.4) is 0 Å². The highest BCUT2D eigenvalue weighted by molar-refractivity contribution is 8.00. The van der Waals surface area contributed by atoms with Crippen LogP contribution in [-0.4, -0.2) is 38.5 Å². The summed E-state index contributed by atoms with van der Waals surface area (Å²) in [5.74, 6) is 0.585. The summed E-state index contributed by atoms with van der Waals surface area (Å²) in [7, 11) is 1.70. The summed E-state index contributed by atoms with van der Waals surface area (Å²) in [4.78, 5) is 12.8. The fourth-order valence-electron chi connectivity index (χ4n) is 1.76. The molecular weight excluding hydrogens is 284 g/mol. The second kappa shape index (κ2) is 11.6. The van der Waals surface area contributed by atoms with Crippen LogP contribution in [0.4, 0.5) is 0 Å². The Morgan fingerprint density at radius 2 is 2.19 bits per heavy atom. The van der Waals surface area contributed by atoms with E-state index in [1.54, 1.807) is 18.9 Å². The molecule has 5 heteroatoms. The van der Waals surface area contributed by atoms with E-state index in [-0.39, 0.29) is 5.91 Å². The molecule has 1 amide bonds. The Morgan fingerprint density at radius 3 is 2.95 bits per heavy atom. The van der Waals surface area contributed by atoms with Crippen LogP contribution in [0.5, 0.6) is 0 Å². The van der Waals surface area contributed by atoms with Crippen molar-refractivity contribution in [2.24, 2.45) is 0 Å². The maximum absolute atomic E-state index is 11.7. The molecule has 0 fully saturated rings. The zero-order valence-corrected chi connectivity index (χ0v) is 13.8. The van der Waals surface area contributed by atoms with Gasteiger partial charge in [0.2, 0.25) is 5.91 Å². The van der Waals surface area contributed by atoms with E-state index < -0.39 is 0 Å². The van der Waals surface area contributed by atoms with Crippen molar-refractivity contribution in [3.05, 3.63) is 29.8 Å². The highest BCUT2D eigenvalue weighted by Gasteiger charge is 2.03. The summed E-state index contributed by atoms with van der Waals surface area (Å²) in [6, 6.07) is 8.29. The molecule has 0 aliphatic heterocycles. The molecule has 0 spiro atoms. The number of ether oxygens (including phenoxy) is 1. The summed E-state index contributed by atoms with van der Waals surface area (Å²) < 4.78 is 5.00. The van der Waals surface area contributed by atoms with Gasteiger partial charge in [0.05, 0.1) is 12.4 Å². The largest absolute Gasteiger partial charge is 0.383 e. The molecule has 21 heavy (non-hydrogen) atoms. The molecule has 4 nitrogen and oxygen atoms in total. The minimum Gasteiger partial charge on any atom is -0.383 e. The Kier molecular flexibility index (Phi) is 9.95. The van der Waals surface area contributed by atoms with Gasteiger partial charge in [-0.05, 0) is 24.1 Å². The van der Waals surface area contributed by atoms with Gasteiger partial charge in [-0.25, -0.2) is 0 Å². The van der Waals surface area contributed by atoms with Gasteiger partial charge < -0.3 is 15.4 Å². The van der Waals surface area contributed by atoms with Gasteiger partial charge in [0.15, 0.2) is 0 Å². The van der Waals surface area contributed by atoms with Crippen LogP contribution >= 0.6 is 11.8 Å². The van der Waals surface area contributed by atoms with E-state index in [9.17, 15) is 4.79 Å². The third-order valence-corrected chi connectivity index (χ3v) is 3.93. The fraction of sp³-hybridized carbons (Fsp3) is 0.562. The van der Waals surface area contributed by atoms with Crippen molar-refractivity contribution in [1.29, 1.82) is 0 Å². The van der Waals surface area contributed by atoms with Gasteiger partial charge in [0.25, 0.3) is 0 Å². The van der Waals surface area contributed by atoms with Crippen LogP contribution in [0.2, 0.25) is 0 Å². The zero-order chi connectivity index (χ0) is 15.3. The predicted molar refractivity (Wildman–Crippen MR) is 88.7 cm³/mol. The first kappa shape index (κ1) is 18.0. The van der Waals surface area contributed by atoms with Crippen molar-refractivity contribution in [2.75, 3.05) is 32.6 Å². The Balaban J connectivity index is 2.29. The van der Waals surface area contributed by atoms with Gasteiger partial charge in [0.1, 0.15) is 0 Å². The van der Waals surface area contributed by atoms with Crippen LogP contribution < -0.4 is 10.6 Å². The number of carbonyl (C=O) groups excluding carboxylic acids is 1. The topological polar surface area (TPSA) is 50.4 Å². The lowest BCUT2D eigenvalue weighted by molar-refractivity contribution is -0.118. The van der Waals surface area contributed by atoms with E-state index in [1.165, 1.54) is 5.56 Å². The second-order valence-corrected chi connectivity index (χ2v) is 5.86. The predicted octanol–water partition coefficient (Wildman–Crippen LogP) is 2.43. The first-order chi connectivity index (χ1) is 10.3. The SMILES string of the molecule is CCCCNC(=O)CSc1cccc(CNCCOC)c1. The number of amides is 1. The average Bonchev–Trinajstić information content (AvgIpc) is 2.50. The smallest absolute Gasteiger partial charge is 0.230 e. The Bertz CT molecular complexity index is 413. The number of rotatable bonds is 11. The lowest BCUT2D eigenvalue weighted by Gasteiger charge is -2.07. The molecular formula is C16H26N2O2S. The van der Waals surface area contributed by atoms with Crippen molar-refractivity contribution in [3.8, 4) is 0 Å². The van der Waals surface area contributed by atoms with Gasteiger partial charge >= 0.3 is 0 Å². The summed E-state index contributed by atoms with van der Waals surface area (Å²) in [6.45, 7) is 5.27. The molecule has 0 saturated carbocycles. The standard InChI is InChI=1S/C16H26N2O2S/c1-3-4-8-18-16(19)13-21-15-7-5-6-14(11-15)12-17-9-10-20-2/h5-7,11,17H,3-4,8-10,12-13H2,1-2H3,(H,18,19). The number of hydrogen-bond acceptors (Lipinski definition) is 4. The number of nitrogens with one attached hydrogen (secondary N) is 2. The summed E-state index contributed by atoms with van der Waals surface area (Å²) in [6.07, 6.45) is 2.14. The number of unbranched alkanes of at least 4 members (excludes halogenated alkanes) is 1. The van der Waals surface area contributed by atoms with Crippen molar-refractivity contribution >= 4 is 17.7 Å². The molecule has 0 aliphatic carbocycles. The molecule has 0 atom stereocenters. The maximum atomic E-state index is 11.7. The van der Waals surface area contributed by atoms with E-state index >= 15 is 0 Å². The minimum absolute atomic E-state index is 0.108. The molecule has 1 aromatic carbocycles. The molecule has 0 aromatic heterocycles. The highest BCUT2D eigenvalue weighted by Crippen LogP contribution is 2.18. The number of carbonyl (C=O) groups is 1. The van der Waals surface area contributed by atoms with Crippen molar-refractivity contribution in [3.63, 3.8) is 0 Å². The Hall–Kier alpha value is -1.04. The molecule has 118 valence electrons. The number of methoxy groups -OCH3 is 1. The van der Waals surface area contributed by atoms with Gasteiger partial charge in [-0.15, -0.1) is 11.8 Å². The summed E-state index contributed by atoms with van der Waals surface area (Å²) in [5, 5.41) is 6.25. The van der Waals surface area contributed by atoms with Gasteiger partial charge in [-0.2, -0.15) is 0 Å². The highest BCUT2D eigenvalue weighted by atomic mass is 32.2. The van der Waals surface area contributed by atoms with E-state index in [1.807, 2.05) is 12.1 Å². The molecule has 0 aliphatic rings. The van der Waals surface area contributed by atoms with Crippen LogP contribution in [0.25, 0.3) is 0 Å². The number of benzene rings is 1. The number of thioether (sulfide) groups is 1. The zero-order valence-electron chi connectivity index (χ0n) is 13.0. The minimum atomic E-state index is 0.108. The normalized spacial score (nSPS) is 10.6. The van der Waals surface area contributed by atoms with E-state index in [0.29, 0.717) is 12.4 Å². The monoisotopic (exact) mass is 310 g/mol. The third kappa shape index (κ3) is 8.75. The Labute approximate surface area is 132 Å². The molecule has 0 radical (unpaired) electrons. The number of hydrogen-bond donors (Lipinski definition) is 2. The summed E-state index contributed by atoms with van der Waals surface area (Å²) in [5.41, 5.74) is 1.22. The first-order valence-electron chi connectivity index (χ1n) is 7.44. The Morgan fingerprint density at radius 1 is 1.33 bits per heavy atom. The van der Waals surface area contributed by atoms with Crippen LogP contribution in [0, 0.1) is 0 Å². The van der Waals surface area contributed by atoms with Crippen molar-refractivity contribution < 1.29 is 9.53 Å². The van der Waals surface area contributed by atoms with Crippen LogP contribution in [-0.2, 0) is 16.1 Å². The molecule has 1 aromatic rings. The van der Waals surface area contributed by atoms with Crippen molar-refractivity contribution in [2.45, 2.75) is 31.2 Å². The second-order valence-electron chi connectivity index (χ2n) is 4.81. The van der Waals surface area contributed by atoms with Gasteiger partial charge in [-0.3, -0.25) is 4.79 Å². The van der Waals surface area contributed by atoms with Gasteiger partial charge in [-0.1, -0.05) is 25.5 Å². The lowest BCUT2D eigenvalue weighted by Crippen LogP contribution is -2.25. The van der Waals surface area contributed by atoms with Crippen LogP contribution in [0.1, 0.15) is 25.3 Å². The van der Waals surface area contributed by atoms with Crippen LogP contribution in [0.15, 0.2) is 29.2 Å². The van der Waals surface area contributed by atoms with E-state index in [4.69, 9.17) is 4.74 Å². The first-order valence-corrected chi connectivity index (χ1v) is 8.43. The average molecular weight is 310 g/mol. The molecule has 0 unspecified atom stereocenters. The van der Waals surface area contributed by atoms with E-state index in [2.05, 4.69) is 29.7 Å². The van der Waals surface area contributed by atoms with E-state index in [0.717, 1.165) is 37.4 Å².